The predicted molar refractivity (Wildman–Crippen MR) is 84.4 cm³/mol. The van der Waals surface area contributed by atoms with Gasteiger partial charge in [-0.1, -0.05) is 6.08 Å². The number of nitrogen functional groups attached to an aromatic ring is 1. The van der Waals surface area contributed by atoms with Crippen molar-refractivity contribution in [2.24, 2.45) is 0 Å². The van der Waals surface area contributed by atoms with E-state index in [1.54, 1.807) is 0 Å². The fraction of sp³-hybridized carbons (Fsp3) is 0.429. The van der Waals surface area contributed by atoms with Crippen LogP contribution in [0.2, 0.25) is 0 Å². The zero-order valence-corrected chi connectivity index (χ0v) is 12.6. The molecule has 1 aliphatic heterocycles. The average molecular weight is 338 g/mol. The van der Waals surface area contributed by atoms with Crippen LogP contribution in [0.3, 0.4) is 0 Å². The maximum absolute atomic E-state index is 12.7. The number of nitrogens with one attached hydrogen (secondary N) is 1. The zero-order chi connectivity index (χ0) is 17.6. The van der Waals surface area contributed by atoms with E-state index in [1.807, 2.05) is 0 Å². The third-order valence-corrected chi connectivity index (χ3v) is 4.06. The van der Waals surface area contributed by atoms with Crippen LogP contribution in [0.5, 0.6) is 0 Å². The van der Waals surface area contributed by atoms with Crippen LogP contribution in [0.4, 0.5) is 5.82 Å². The molecule has 0 aromatic carbocycles. The molecule has 0 saturated carbocycles. The van der Waals surface area contributed by atoms with Crippen molar-refractivity contribution in [1.29, 1.82) is 0 Å². The second kappa shape index (κ2) is 5.91. The first-order valence-electron chi connectivity index (χ1n) is 7.27. The molecule has 0 bridgehead atoms. The molecule has 3 heterocycles. The van der Waals surface area contributed by atoms with Gasteiger partial charge < -0.3 is 30.8 Å². The Labute approximate surface area is 135 Å². The van der Waals surface area contributed by atoms with E-state index >= 15 is 0 Å². The number of nitrogens with two attached hydrogens (primary N) is 1. The molecule has 6 N–H and O–H groups in total. The van der Waals surface area contributed by atoms with Gasteiger partial charge in [0, 0.05) is 12.6 Å². The van der Waals surface area contributed by atoms with E-state index in [-0.39, 0.29) is 23.4 Å². The third-order valence-electron chi connectivity index (χ3n) is 4.06. The van der Waals surface area contributed by atoms with Gasteiger partial charge >= 0.3 is 5.69 Å². The van der Waals surface area contributed by atoms with Gasteiger partial charge in [-0.3, -0.25) is 13.9 Å². The minimum absolute atomic E-state index is 0.0312. The Morgan fingerprint density at radius 2 is 2.08 bits per heavy atom. The van der Waals surface area contributed by atoms with Crippen molar-refractivity contribution in [3.63, 3.8) is 0 Å². The molecular weight excluding hydrogens is 320 g/mol. The van der Waals surface area contributed by atoms with Crippen LogP contribution in [-0.2, 0) is 11.3 Å². The van der Waals surface area contributed by atoms with Gasteiger partial charge in [-0.25, -0.2) is 4.79 Å². The minimum Gasteiger partial charge on any atom is -0.394 e. The Morgan fingerprint density at radius 1 is 1.38 bits per heavy atom. The fourth-order valence-electron chi connectivity index (χ4n) is 2.97. The summed E-state index contributed by atoms with van der Waals surface area (Å²) in [5.74, 6) is 0.0312. The molecule has 1 saturated heterocycles. The molecule has 4 atom stereocenters. The molecule has 10 nitrogen and oxygen atoms in total. The molecule has 3 rings (SSSR count). The summed E-state index contributed by atoms with van der Waals surface area (Å²) in [5.41, 5.74) is 4.64. The van der Waals surface area contributed by atoms with Crippen molar-refractivity contribution >= 4 is 16.9 Å². The molecule has 2 aromatic heterocycles. The number of fused-ring (bicyclic) bond motifs is 1. The van der Waals surface area contributed by atoms with Crippen LogP contribution in [0.25, 0.3) is 11.0 Å². The van der Waals surface area contributed by atoms with Crippen molar-refractivity contribution in [2.75, 3.05) is 12.3 Å². The van der Waals surface area contributed by atoms with Gasteiger partial charge in [0.05, 0.1) is 12.1 Å². The molecule has 0 aliphatic carbocycles. The molecule has 2 aromatic rings. The van der Waals surface area contributed by atoms with Crippen molar-refractivity contribution in [3.05, 3.63) is 39.6 Å². The number of imidazole rings is 1. The van der Waals surface area contributed by atoms with E-state index in [4.69, 9.17) is 10.5 Å². The molecule has 1 fully saturated rings. The lowest BCUT2D eigenvalue weighted by atomic mass is 10.1. The van der Waals surface area contributed by atoms with Gasteiger partial charge in [-0.05, 0) is 0 Å². The van der Waals surface area contributed by atoms with Crippen LogP contribution in [-0.4, -0.2) is 54.4 Å². The summed E-state index contributed by atoms with van der Waals surface area (Å²) in [6.07, 6.45) is -3.70. The minimum atomic E-state index is -1.46. The number of aromatic amines is 1. The molecule has 10 heteroatoms. The van der Waals surface area contributed by atoms with Crippen LogP contribution in [0, 0.1) is 0 Å². The fourth-order valence-corrected chi connectivity index (χ4v) is 2.97. The maximum Gasteiger partial charge on any atom is 0.331 e. The van der Waals surface area contributed by atoms with Crippen molar-refractivity contribution in [1.82, 2.24) is 14.1 Å². The second-order valence-electron chi connectivity index (χ2n) is 5.57. The first kappa shape index (κ1) is 16.5. The number of hydrogen-bond donors (Lipinski definition) is 5. The highest BCUT2D eigenvalue weighted by Gasteiger charge is 2.44. The Morgan fingerprint density at radius 3 is 2.67 bits per heavy atom. The van der Waals surface area contributed by atoms with Gasteiger partial charge in [0.1, 0.15) is 29.6 Å². The Bertz CT molecular complexity index is 897. The second-order valence-corrected chi connectivity index (χ2v) is 5.57. The number of hydrogen-bond acceptors (Lipinski definition) is 7. The van der Waals surface area contributed by atoms with Crippen LogP contribution in [0.15, 0.2) is 28.3 Å². The molecule has 0 radical (unpaired) electrons. The van der Waals surface area contributed by atoms with E-state index in [2.05, 4.69) is 11.6 Å². The largest absolute Gasteiger partial charge is 0.394 e. The number of ether oxygens (including phenoxy) is 1. The van der Waals surface area contributed by atoms with Gasteiger partial charge in [0.15, 0.2) is 6.23 Å². The number of H-pyrrole nitrogens is 1. The molecule has 24 heavy (non-hydrogen) atoms. The summed E-state index contributed by atoms with van der Waals surface area (Å²) in [4.78, 5) is 27.3. The maximum atomic E-state index is 12.7. The quantitative estimate of drug-likeness (QED) is 0.399. The number of aromatic nitrogens is 3. The molecular formula is C14H18N4O6. The summed E-state index contributed by atoms with van der Waals surface area (Å²) in [6, 6.07) is 1.37. The summed E-state index contributed by atoms with van der Waals surface area (Å²) in [5, 5.41) is 29.3. The van der Waals surface area contributed by atoms with Crippen LogP contribution in [0.1, 0.15) is 6.23 Å². The monoisotopic (exact) mass is 338 g/mol. The molecule has 0 spiro atoms. The number of rotatable bonds is 4. The Kier molecular flexibility index (Phi) is 4.05. The van der Waals surface area contributed by atoms with E-state index in [9.17, 15) is 24.9 Å². The number of nitrogens with zero attached hydrogens (tertiary/aromatic N) is 2. The smallest absolute Gasteiger partial charge is 0.331 e. The first-order valence-corrected chi connectivity index (χ1v) is 7.27. The normalized spacial score (nSPS) is 27.0. The number of anilines is 1. The van der Waals surface area contributed by atoms with E-state index in [0.29, 0.717) is 0 Å². The lowest BCUT2D eigenvalue weighted by molar-refractivity contribution is -0.0525. The van der Waals surface area contributed by atoms with Gasteiger partial charge in [0.2, 0.25) is 0 Å². The van der Waals surface area contributed by atoms with Crippen molar-refractivity contribution < 1.29 is 20.1 Å². The van der Waals surface area contributed by atoms with Gasteiger partial charge in [-0.2, -0.15) is 0 Å². The standard InChI is InChI=1S/C14H18N4O6/c1-2-3-17-9-6(4-8(15)16-12(9)22)18(14(17)23)13-11(21)10(20)7(5-19)24-13/h2,4,7,10-11,13,19-21H,1,3,5H2,(H3,15,16,22)/t7-,10-,11-,13-/m1/s1. The van der Waals surface area contributed by atoms with Crippen molar-refractivity contribution in [2.45, 2.75) is 31.1 Å². The van der Waals surface area contributed by atoms with Gasteiger partial charge in [0.25, 0.3) is 5.56 Å². The highest BCUT2D eigenvalue weighted by atomic mass is 16.6. The SMILES string of the molecule is C=CCn1c(=O)n([C@@H]2O[C@H](CO)[C@@H](O)[C@H]2O)c2cc(N)[nH]c(=O)c21. The summed E-state index contributed by atoms with van der Waals surface area (Å²) < 4.78 is 7.61. The summed E-state index contributed by atoms with van der Waals surface area (Å²) >= 11 is 0. The number of pyridine rings is 1. The Balaban J connectivity index is 2.29. The molecule has 0 unspecified atom stereocenters. The highest BCUT2D eigenvalue weighted by molar-refractivity contribution is 5.77. The molecule has 130 valence electrons. The van der Waals surface area contributed by atoms with E-state index in [1.165, 1.54) is 12.1 Å². The first-order chi connectivity index (χ1) is 11.4. The predicted octanol–water partition coefficient (Wildman–Crippen LogP) is -2.13. The molecule has 0 amide bonds. The number of aliphatic hydroxyl groups excluding tert-OH is 3. The number of aliphatic hydroxyl groups is 3. The van der Waals surface area contributed by atoms with Crippen LogP contribution >= 0.6 is 0 Å². The average Bonchev–Trinajstić information content (AvgIpc) is 2.96. The van der Waals surface area contributed by atoms with E-state index in [0.717, 1.165) is 9.13 Å². The topological polar surface area (TPSA) is 156 Å². The van der Waals surface area contributed by atoms with Gasteiger partial charge in [-0.15, -0.1) is 6.58 Å². The zero-order valence-electron chi connectivity index (χ0n) is 12.6. The van der Waals surface area contributed by atoms with Crippen LogP contribution < -0.4 is 17.0 Å². The summed E-state index contributed by atoms with van der Waals surface area (Å²) in [7, 11) is 0. The summed E-state index contributed by atoms with van der Waals surface area (Å²) in [6.45, 7) is 3.08. The van der Waals surface area contributed by atoms with E-state index < -0.39 is 42.4 Å². The lowest BCUT2D eigenvalue weighted by Gasteiger charge is -2.16. The number of allylic oxidation sites excluding steroid dienone is 1. The lowest BCUT2D eigenvalue weighted by Crippen LogP contribution is -2.35. The highest BCUT2D eigenvalue weighted by Crippen LogP contribution is 2.30. The Hall–Kier alpha value is -2.40. The third kappa shape index (κ3) is 2.27. The molecule has 1 aliphatic rings. The van der Waals surface area contributed by atoms with Crippen molar-refractivity contribution in [3.8, 4) is 0 Å².